The van der Waals surface area contributed by atoms with Crippen molar-refractivity contribution in [3.8, 4) is 5.75 Å². The number of aryl methyl sites for hydroxylation is 1. The van der Waals surface area contributed by atoms with Crippen molar-refractivity contribution in [2.75, 3.05) is 13.7 Å². The number of nitrogens with two attached hydrogens (primary N) is 1. The van der Waals surface area contributed by atoms with E-state index < -0.39 is 11.9 Å². The van der Waals surface area contributed by atoms with Crippen molar-refractivity contribution in [2.24, 2.45) is 5.73 Å². The lowest BCUT2D eigenvalue weighted by molar-refractivity contribution is 0.264. The van der Waals surface area contributed by atoms with Gasteiger partial charge in [0.2, 0.25) is 0 Å². The van der Waals surface area contributed by atoms with Gasteiger partial charge >= 0.3 is 0 Å². The Morgan fingerprint density at radius 1 is 1.67 bits per heavy atom. The minimum absolute atomic E-state index is 0.0981. The molecule has 0 aliphatic heterocycles. The molecule has 1 aromatic carbocycles. The van der Waals surface area contributed by atoms with Gasteiger partial charge in [0.1, 0.15) is 11.6 Å². The number of halogens is 2. The molecule has 84 valence electrons. The summed E-state index contributed by atoms with van der Waals surface area (Å²) in [5, 5.41) is 8.85. The summed E-state index contributed by atoms with van der Waals surface area (Å²) in [5.74, 6) is -0.142. The van der Waals surface area contributed by atoms with E-state index in [1.807, 2.05) is 0 Å². The standard InChI is InChI=1S/C10H13ClFNO2/c1-5-3-6(12)9(11)8(7(13)4-14)10(5)15-2/h3,7,14H,4,13H2,1-2H3. The quantitative estimate of drug-likeness (QED) is 0.837. The molecule has 3 nitrogen and oxygen atoms in total. The average Bonchev–Trinajstić information content (AvgIpc) is 2.21. The molecule has 0 spiro atoms. The summed E-state index contributed by atoms with van der Waals surface area (Å²) in [6.07, 6.45) is 0. The highest BCUT2D eigenvalue weighted by atomic mass is 35.5. The van der Waals surface area contributed by atoms with Gasteiger partial charge in [-0.1, -0.05) is 11.6 Å². The van der Waals surface area contributed by atoms with Gasteiger partial charge in [-0.3, -0.25) is 0 Å². The smallest absolute Gasteiger partial charge is 0.142 e. The number of hydrogen-bond acceptors (Lipinski definition) is 3. The highest BCUT2D eigenvalue weighted by Gasteiger charge is 2.20. The second-order valence-corrected chi connectivity index (χ2v) is 3.60. The summed E-state index contributed by atoms with van der Waals surface area (Å²) < 4.78 is 18.4. The van der Waals surface area contributed by atoms with E-state index in [1.165, 1.54) is 13.2 Å². The maximum absolute atomic E-state index is 13.3. The van der Waals surface area contributed by atoms with E-state index in [1.54, 1.807) is 6.92 Å². The average molecular weight is 234 g/mol. The Hall–Kier alpha value is -0.840. The SMILES string of the molecule is COc1c(C)cc(F)c(Cl)c1C(N)CO. The van der Waals surface area contributed by atoms with E-state index in [0.29, 0.717) is 16.9 Å². The van der Waals surface area contributed by atoms with E-state index in [2.05, 4.69) is 0 Å². The second kappa shape index (κ2) is 4.79. The molecule has 5 heteroatoms. The highest BCUT2D eigenvalue weighted by molar-refractivity contribution is 6.31. The molecular formula is C10H13ClFNO2. The van der Waals surface area contributed by atoms with E-state index >= 15 is 0 Å². The Morgan fingerprint density at radius 3 is 2.73 bits per heavy atom. The van der Waals surface area contributed by atoms with Crippen LogP contribution in [0, 0.1) is 12.7 Å². The van der Waals surface area contributed by atoms with Crippen LogP contribution < -0.4 is 10.5 Å². The molecule has 0 saturated heterocycles. The van der Waals surface area contributed by atoms with Crippen molar-refractivity contribution >= 4 is 11.6 Å². The first-order chi connectivity index (χ1) is 7.02. The highest BCUT2D eigenvalue weighted by Crippen LogP contribution is 2.35. The zero-order valence-electron chi connectivity index (χ0n) is 8.55. The maximum atomic E-state index is 13.3. The van der Waals surface area contributed by atoms with Crippen LogP contribution in [-0.4, -0.2) is 18.8 Å². The first-order valence-corrected chi connectivity index (χ1v) is 4.79. The monoisotopic (exact) mass is 233 g/mol. The van der Waals surface area contributed by atoms with Gasteiger partial charge in [0, 0.05) is 5.56 Å². The van der Waals surface area contributed by atoms with Crippen molar-refractivity contribution in [3.63, 3.8) is 0 Å². The molecule has 0 saturated carbocycles. The number of aliphatic hydroxyl groups excluding tert-OH is 1. The van der Waals surface area contributed by atoms with Crippen molar-refractivity contribution in [2.45, 2.75) is 13.0 Å². The Balaban J connectivity index is 3.43. The van der Waals surface area contributed by atoms with Gasteiger partial charge in [0.15, 0.2) is 0 Å². The van der Waals surface area contributed by atoms with Gasteiger partial charge in [-0.25, -0.2) is 4.39 Å². The van der Waals surface area contributed by atoms with Crippen LogP contribution in [0.15, 0.2) is 6.07 Å². The Morgan fingerprint density at radius 2 is 2.27 bits per heavy atom. The molecular weight excluding hydrogens is 221 g/mol. The van der Waals surface area contributed by atoms with Crippen LogP contribution in [0.3, 0.4) is 0 Å². The van der Waals surface area contributed by atoms with E-state index in [0.717, 1.165) is 0 Å². The minimum Gasteiger partial charge on any atom is -0.496 e. The van der Waals surface area contributed by atoms with Gasteiger partial charge in [-0.05, 0) is 18.6 Å². The first kappa shape index (κ1) is 12.2. The van der Waals surface area contributed by atoms with Crippen molar-refractivity contribution in [3.05, 3.63) is 28.0 Å². The summed E-state index contributed by atoms with van der Waals surface area (Å²) in [7, 11) is 1.45. The Labute approximate surface area is 92.6 Å². The van der Waals surface area contributed by atoms with Gasteiger partial charge in [-0.15, -0.1) is 0 Å². The van der Waals surface area contributed by atoms with Crippen LogP contribution >= 0.6 is 11.6 Å². The fraction of sp³-hybridized carbons (Fsp3) is 0.400. The molecule has 0 fully saturated rings. The Kier molecular flexibility index (Phi) is 3.90. The number of hydrogen-bond donors (Lipinski definition) is 2. The summed E-state index contributed by atoms with van der Waals surface area (Å²) in [4.78, 5) is 0. The molecule has 0 radical (unpaired) electrons. The maximum Gasteiger partial charge on any atom is 0.142 e. The van der Waals surface area contributed by atoms with E-state index in [-0.39, 0.29) is 11.6 Å². The fourth-order valence-electron chi connectivity index (χ4n) is 1.45. The van der Waals surface area contributed by atoms with Gasteiger partial charge in [0.25, 0.3) is 0 Å². The molecule has 0 bridgehead atoms. The number of ether oxygens (including phenoxy) is 1. The van der Waals surface area contributed by atoms with Crippen molar-refractivity contribution in [1.29, 1.82) is 0 Å². The molecule has 0 amide bonds. The lowest BCUT2D eigenvalue weighted by Crippen LogP contribution is -2.17. The van der Waals surface area contributed by atoms with Gasteiger partial charge < -0.3 is 15.6 Å². The molecule has 1 rings (SSSR count). The molecule has 0 aromatic heterocycles. The van der Waals surface area contributed by atoms with Crippen LogP contribution in [0.4, 0.5) is 4.39 Å². The molecule has 3 N–H and O–H groups in total. The lowest BCUT2D eigenvalue weighted by Gasteiger charge is -2.17. The van der Waals surface area contributed by atoms with E-state index in [9.17, 15) is 4.39 Å². The molecule has 15 heavy (non-hydrogen) atoms. The first-order valence-electron chi connectivity index (χ1n) is 4.41. The normalized spacial score (nSPS) is 12.7. The summed E-state index contributed by atoms with van der Waals surface area (Å²) in [6.45, 7) is 1.37. The predicted octanol–water partition coefficient (Wildman–Crippen LogP) is 1.79. The third-order valence-corrected chi connectivity index (χ3v) is 2.55. The third kappa shape index (κ3) is 2.22. The van der Waals surface area contributed by atoms with E-state index in [4.69, 9.17) is 27.2 Å². The van der Waals surface area contributed by atoms with Crippen LogP contribution in [0.2, 0.25) is 5.02 Å². The molecule has 1 aromatic rings. The van der Waals surface area contributed by atoms with Crippen LogP contribution in [0.5, 0.6) is 5.75 Å². The number of benzene rings is 1. The number of aliphatic hydroxyl groups is 1. The van der Waals surface area contributed by atoms with Crippen LogP contribution in [-0.2, 0) is 0 Å². The molecule has 0 aliphatic carbocycles. The second-order valence-electron chi connectivity index (χ2n) is 3.23. The van der Waals surface area contributed by atoms with Crippen LogP contribution in [0.1, 0.15) is 17.2 Å². The third-order valence-electron chi connectivity index (χ3n) is 2.16. The minimum atomic E-state index is -0.748. The van der Waals surface area contributed by atoms with Gasteiger partial charge in [-0.2, -0.15) is 0 Å². The largest absolute Gasteiger partial charge is 0.496 e. The Bertz CT molecular complexity index is 371. The zero-order chi connectivity index (χ0) is 11.6. The topological polar surface area (TPSA) is 55.5 Å². The van der Waals surface area contributed by atoms with Crippen molar-refractivity contribution < 1.29 is 14.2 Å². The van der Waals surface area contributed by atoms with Crippen LogP contribution in [0.25, 0.3) is 0 Å². The molecule has 1 unspecified atom stereocenters. The summed E-state index contributed by atoms with van der Waals surface area (Å²) in [5.41, 5.74) is 6.53. The summed E-state index contributed by atoms with van der Waals surface area (Å²) in [6, 6.07) is 0.524. The molecule has 0 aliphatic rings. The number of rotatable bonds is 3. The molecule has 0 heterocycles. The number of methoxy groups -OCH3 is 1. The van der Waals surface area contributed by atoms with Crippen molar-refractivity contribution in [1.82, 2.24) is 0 Å². The fourth-order valence-corrected chi connectivity index (χ4v) is 1.73. The summed E-state index contributed by atoms with van der Waals surface area (Å²) >= 11 is 5.78. The molecule has 1 atom stereocenters. The predicted molar refractivity (Wildman–Crippen MR) is 56.7 cm³/mol. The lowest BCUT2D eigenvalue weighted by atomic mass is 10.0. The van der Waals surface area contributed by atoms with Gasteiger partial charge in [0.05, 0.1) is 24.8 Å². The zero-order valence-corrected chi connectivity index (χ0v) is 9.31.